The summed E-state index contributed by atoms with van der Waals surface area (Å²) in [6, 6.07) is 12.7. The Kier molecular flexibility index (Phi) is 4.85. The molecule has 2 heterocycles. The fourth-order valence-electron chi connectivity index (χ4n) is 4.39. The van der Waals surface area contributed by atoms with E-state index < -0.39 is 27.4 Å². The number of hydrogen-bond acceptors (Lipinski definition) is 7. The molecule has 1 atom stereocenters. The zero-order chi connectivity index (χ0) is 23.3. The third-order valence-corrected chi connectivity index (χ3v) is 6.44. The van der Waals surface area contributed by atoms with Crippen LogP contribution in [0.5, 0.6) is 5.75 Å². The van der Waals surface area contributed by atoms with Gasteiger partial charge in [-0.1, -0.05) is 12.1 Å². The van der Waals surface area contributed by atoms with Gasteiger partial charge in [-0.2, -0.15) is 0 Å². The third-order valence-electron chi connectivity index (χ3n) is 6.00. The van der Waals surface area contributed by atoms with Crippen molar-refractivity contribution in [1.29, 1.82) is 0 Å². The summed E-state index contributed by atoms with van der Waals surface area (Å²) in [4.78, 5) is 40.5. The van der Waals surface area contributed by atoms with Gasteiger partial charge in [0.2, 0.25) is 0 Å². The van der Waals surface area contributed by atoms with Crippen LogP contribution in [-0.4, -0.2) is 20.9 Å². The van der Waals surface area contributed by atoms with Crippen molar-refractivity contribution in [3.8, 4) is 5.75 Å². The summed E-state index contributed by atoms with van der Waals surface area (Å²) in [5.74, 6) is 0.161. The van der Waals surface area contributed by atoms with Gasteiger partial charge in [0.25, 0.3) is 11.4 Å². The molecule has 5 rings (SSSR count). The van der Waals surface area contributed by atoms with Crippen LogP contribution in [-0.2, 0) is 5.41 Å². The first-order chi connectivity index (χ1) is 15.8. The van der Waals surface area contributed by atoms with Gasteiger partial charge >= 0.3 is 6.09 Å². The zero-order valence-corrected chi connectivity index (χ0v) is 18.5. The highest BCUT2D eigenvalue weighted by Crippen LogP contribution is 2.65. The largest absolute Gasteiger partial charge is 0.420 e. The van der Waals surface area contributed by atoms with Crippen LogP contribution in [0.25, 0.3) is 0 Å². The number of pyridine rings is 1. The van der Waals surface area contributed by atoms with E-state index in [1.165, 1.54) is 41.3 Å². The quantitative estimate of drug-likeness (QED) is 0.336. The molecular formula is C22H15BrN4O6. The minimum absolute atomic E-state index is 0.0417. The van der Waals surface area contributed by atoms with Crippen LogP contribution in [0.4, 0.5) is 21.9 Å². The van der Waals surface area contributed by atoms with Gasteiger partial charge in [-0.15, -0.1) is 0 Å². The summed E-state index contributed by atoms with van der Waals surface area (Å²) >= 11 is 3.41. The highest BCUT2D eigenvalue weighted by Gasteiger charge is 2.62. The summed E-state index contributed by atoms with van der Waals surface area (Å²) < 4.78 is 6.27. The van der Waals surface area contributed by atoms with Crippen LogP contribution in [0, 0.1) is 20.2 Å². The summed E-state index contributed by atoms with van der Waals surface area (Å²) in [6.07, 6.45) is 2.61. The van der Waals surface area contributed by atoms with Gasteiger partial charge in [-0.05, 0) is 52.5 Å². The number of carbonyl (C=O) groups excluding carboxylic acids is 1. The van der Waals surface area contributed by atoms with Gasteiger partial charge in [0, 0.05) is 40.4 Å². The molecule has 1 amide bonds. The number of halogens is 1. The number of rotatable bonds is 4. The molecule has 2 aromatic carbocycles. The van der Waals surface area contributed by atoms with Gasteiger partial charge in [0.15, 0.2) is 0 Å². The second-order valence-electron chi connectivity index (χ2n) is 7.92. The summed E-state index contributed by atoms with van der Waals surface area (Å²) in [6.45, 7) is 0. The fraction of sp³-hybridized carbons (Fsp3) is 0.182. The molecule has 11 heteroatoms. The summed E-state index contributed by atoms with van der Waals surface area (Å²) in [5.41, 5.74) is 1.54. The maximum absolute atomic E-state index is 13.4. The summed E-state index contributed by atoms with van der Waals surface area (Å²) in [5, 5.41) is 22.0. The predicted octanol–water partition coefficient (Wildman–Crippen LogP) is 5.45. The lowest BCUT2D eigenvalue weighted by Crippen LogP contribution is -2.37. The Labute approximate surface area is 195 Å². The molecule has 0 bridgehead atoms. The molecule has 1 aromatic heterocycles. The molecule has 0 saturated heterocycles. The first kappa shape index (κ1) is 21.0. The van der Waals surface area contributed by atoms with Gasteiger partial charge in [-0.25, -0.2) is 4.79 Å². The van der Waals surface area contributed by atoms with Crippen LogP contribution in [0.2, 0.25) is 0 Å². The maximum atomic E-state index is 13.4. The number of carbonyl (C=O) groups is 1. The van der Waals surface area contributed by atoms with Crippen LogP contribution < -0.4 is 9.64 Å². The van der Waals surface area contributed by atoms with E-state index in [4.69, 9.17) is 4.74 Å². The third kappa shape index (κ3) is 3.50. The van der Waals surface area contributed by atoms with Crippen molar-refractivity contribution < 1.29 is 19.4 Å². The van der Waals surface area contributed by atoms with Crippen LogP contribution in [0.15, 0.2) is 65.3 Å². The number of hydrogen-bond donors (Lipinski definition) is 0. The van der Waals surface area contributed by atoms with Crippen molar-refractivity contribution in [2.45, 2.75) is 24.3 Å². The Morgan fingerprint density at radius 3 is 2.15 bits per heavy atom. The van der Waals surface area contributed by atoms with E-state index >= 15 is 0 Å². The van der Waals surface area contributed by atoms with Crippen molar-refractivity contribution in [3.63, 3.8) is 0 Å². The molecule has 1 saturated carbocycles. The first-order valence-electron chi connectivity index (χ1n) is 9.96. The van der Waals surface area contributed by atoms with Gasteiger partial charge in [-0.3, -0.25) is 30.1 Å². The highest BCUT2D eigenvalue weighted by atomic mass is 79.9. The van der Waals surface area contributed by atoms with Crippen LogP contribution in [0.3, 0.4) is 0 Å². The van der Waals surface area contributed by atoms with E-state index in [9.17, 15) is 25.0 Å². The van der Waals surface area contributed by atoms with Crippen molar-refractivity contribution in [3.05, 3.63) is 96.8 Å². The summed E-state index contributed by atoms with van der Waals surface area (Å²) in [7, 11) is 0. The standard InChI is InChI=1S/C22H15BrN4O6/c23-14-11-18-19(24-12-14)22(9-10-22)20(13-1-3-15(4-2-13)26(29)30)25(18)21(28)33-17-7-5-16(6-8-17)27(31)32/h1-8,11-12,20H,9-10H2. The minimum atomic E-state index is -0.669. The zero-order valence-electron chi connectivity index (χ0n) is 16.9. The Hall–Kier alpha value is -3.86. The molecule has 1 spiro atoms. The van der Waals surface area contributed by atoms with Gasteiger partial charge < -0.3 is 4.74 Å². The van der Waals surface area contributed by atoms with E-state index in [0.29, 0.717) is 10.2 Å². The molecule has 0 N–H and O–H groups in total. The second kappa shape index (κ2) is 7.62. The molecule has 3 aromatic rings. The Morgan fingerprint density at radius 1 is 1.03 bits per heavy atom. The molecule has 0 radical (unpaired) electrons. The number of amides is 1. The average Bonchev–Trinajstić information content (AvgIpc) is 3.53. The van der Waals surface area contributed by atoms with Crippen LogP contribution >= 0.6 is 15.9 Å². The molecular weight excluding hydrogens is 496 g/mol. The van der Waals surface area contributed by atoms with E-state index in [2.05, 4.69) is 20.9 Å². The number of nitrogens with zero attached hydrogens (tertiary/aromatic N) is 4. The first-order valence-corrected chi connectivity index (χ1v) is 10.8. The molecule has 166 valence electrons. The molecule has 1 aliphatic carbocycles. The van der Waals surface area contributed by atoms with Crippen molar-refractivity contribution >= 4 is 39.1 Å². The van der Waals surface area contributed by atoms with Crippen molar-refractivity contribution in [2.24, 2.45) is 0 Å². The molecule has 10 nitrogen and oxygen atoms in total. The molecule has 33 heavy (non-hydrogen) atoms. The van der Waals surface area contributed by atoms with Crippen molar-refractivity contribution in [1.82, 2.24) is 4.98 Å². The topological polar surface area (TPSA) is 129 Å². The van der Waals surface area contributed by atoms with Crippen molar-refractivity contribution in [2.75, 3.05) is 4.90 Å². The second-order valence-corrected chi connectivity index (χ2v) is 8.83. The molecule has 1 fully saturated rings. The number of anilines is 1. The van der Waals surface area contributed by atoms with E-state index in [0.717, 1.165) is 24.1 Å². The maximum Gasteiger partial charge on any atom is 0.420 e. The number of nitro groups is 2. The van der Waals surface area contributed by atoms with Gasteiger partial charge in [0.05, 0.1) is 27.3 Å². The lowest BCUT2D eigenvalue weighted by Gasteiger charge is -2.28. The monoisotopic (exact) mass is 510 g/mol. The molecule has 1 unspecified atom stereocenters. The SMILES string of the molecule is O=C(Oc1ccc([N+](=O)[O-])cc1)N1c2cc(Br)cnc2C2(CC2)C1c1ccc([N+](=O)[O-])cc1. The minimum Gasteiger partial charge on any atom is -0.410 e. The Morgan fingerprint density at radius 2 is 1.61 bits per heavy atom. The number of ether oxygens (including phenoxy) is 1. The molecule has 1 aliphatic heterocycles. The van der Waals surface area contributed by atoms with E-state index in [-0.39, 0.29) is 17.1 Å². The van der Waals surface area contributed by atoms with E-state index in [1.807, 2.05) is 0 Å². The van der Waals surface area contributed by atoms with Crippen LogP contribution in [0.1, 0.15) is 30.1 Å². The van der Waals surface area contributed by atoms with Gasteiger partial charge in [0.1, 0.15) is 5.75 Å². The number of non-ortho nitro benzene ring substituents is 2. The van der Waals surface area contributed by atoms with E-state index in [1.54, 1.807) is 24.4 Å². The highest BCUT2D eigenvalue weighted by molar-refractivity contribution is 9.10. The average molecular weight is 511 g/mol. The number of benzene rings is 2. The number of fused-ring (bicyclic) bond motifs is 2. The predicted molar refractivity (Wildman–Crippen MR) is 120 cm³/mol. The smallest absolute Gasteiger partial charge is 0.410 e. The normalized spacial score (nSPS) is 17.5. The number of aromatic nitrogens is 1. The lowest BCUT2D eigenvalue weighted by atomic mass is 9.89. The Bertz CT molecular complexity index is 1290. The lowest BCUT2D eigenvalue weighted by molar-refractivity contribution is -0.385. The fourth-order valence-corrected chi connectivity index (χ4v) is 4.71. The Balaban J connectivity index is 1.55. The molecule has 2 aliphatic rings. The number of nitro benzene ring substituents is 2.